The molecule has 1 heterocycles. The first-order valence-electron chi connectivity index (χ1n) is 5.36. The van der Waals surface area contributed by atoms with Crippen molar-refractivity contribution in [3.63, 3.8) is 0 Å². The van der Waals surface area contributed by atoms with Crippen LogP contribution in [-0.4, -0.2) is 12.0 Å². The van der Waals surface area contributed by atoms with Crippen molar-refractivity contribution in [1.29, 1.82) is 0 Å². The molecule has 2 rings (SSSR count). The van der Waals surface area contributed by atoms with E-state index in [2.05, 4.69) is 63.3 Å². The van der Waals surface area contributed by atoms with E-state index in [1.807, 2.05) is 19.2 Å². The quantitative estimate of drug-likeness (QED) is 0.836. The Morgan fingerprint density at radius 2 is 2.00 bits per heavy atom. The van der Waals surface area contributed by atoms with Gasteiger partial charge in [0.25, 0.3) is 0 Å². The van der Waals surface area contributed by atoms with E-state index in [1.54, 1.807) is 6.20 Å². The summed E-state index contributed by atoms with van der Waals surface area (Å²) in [5.74, 6) is 0.860. The molecule has 0 radical (unpaired) electrons. The molecular formula is C13H14IN3. The van der Waals surface area contributed by atoms with Gasteiger partial charge in [0.1, 0.15) is 5.82 Å². The SMILES string of the molecule is CNc1cc(Nc2cc(I)ccc2C)ccn1. The topological polar surface area (TPSA) is 37.0 Å². The highest BCUT2D eigenvalue weighted by atomic mass is 127. The number of nitrogens with zero attached hydrogens (tertiary/aromatic N) is 1. The summed E-state index contributed by atoms with van der Waals surface area (Å²) in [5, 5.41) is 6.43. The molecule has 0 aliphatic rings. The number of aryl methyl sites for hydroxylation is 1. The van der Waals surface area contributed by atoms with E-state index in [-0.39, 0.29) is 0 Å². The van der Waals surface area contributed by atoms with Gasteiger partial charge in [0, 0.05) is 34.3 Å². The van der Waals surface area contributed by atoms with Crippen molar-refractivity contribution >= 4 is 39.8 Å². The second kappa shape index (κ2) is 5.35. The van der Waals surface area contributed by atoms with Gasteiger partial charge in [0.05, 0.1) is 0 Å². The van der Waals surface area contributed by atoms with E-state index in [4.69, 9.17) is 0 Å². The van der Waals surface area contributed by atoms with Crippen LogP contribution in [0.15, 0.2) is 36.5 Å². The Morgan fingerprint density at radius 3 is 2.76 bits per heavy atom. The maximum Gasteiger partial charge on any atom is 0.127 e. The molecule has 1 aromatic carbocycles. The highest BCUT2D eigenvalue weighted by Gasteiger charge is 2.01. The number of rotatable bonds is 3. The molecule has 0 unspecified atom stereocenters. The number of hydrogen-bond donors (Lipinski definition) is 2. The van der Waals surface area contributed by atoms with E-state index in [0.29, 0.717) is 0 Å². The van der Waals surface area contributed by atoms with Crippen molar-refractivity contribution < 1.29 is 0 Å². The molecule has 0 spiro atoms. The molecular weight excluding hydrogens is 325 g/mol. The van der Waals surface area contributed by atoms with Crippen molar-refractivity contribution in [2.45, 2.75) is 6.92 Å². The normalized spacial score (nSPS) is 10.1. The predicted octanol–water partition coefficient (Wildman–Crippen LogP) is 3.78. The van der Waals surface area contributed by atoms with Crippen LogP contribution < -0.4 is 10.6 Å². The van der Waals surface area contributed by atoms with Crippen LogP contribution in [0.2, 0.25) is 0 Å². The summed E-state index contributed by atoms with van der Waals surface area (Å²) in [4.78, 5) is 4.19. The largest absolute Gasteiger partial charge is 0.373 e. The molecule has 4 heteroatoms. The number of hydrogen-bond acceptors (Lipinski definition) is 3. The maximum absolute atomic E-state index is 4.19. The summed E-state index contributed by atoms with van der Waals surface area (Å²) < 4.78 is 1.22. The Morgan fingerprint density at radius 1 is 1.18 bits per heavy atom. The van der Waals surface area contributed by atoms with Crippen molar-refractivity contribution in [3.8, 4) is 0 Å². The van der Waals surface area contributed by atoms with Gasteiger partial charge in [-0.1, -0.05) is 6.07 Å². The van der Waals surface area contributed by atoms with E-state index >= 15 is 0 Å². The lowest BCUT2D eigenvalue weighted by molar-refractivity contribution is 1.28. The summed E-state index contributed by atoms with van der Waals surface area (Å²) in [6.07, 6.45) is 1.79. The number of nitrogens with one attached hydrogen (secondary N) is 2. The zero-order valence-corrected chi connectivity index (χ0v) is 11.9. The molecule has 0 atom stereocenters. The minimum atomic E-state index is 0.860. The van der Waals surface area contributed by atoms with Gasteiger partial charge in [-0.15, -0.1) is 0 Å². The minimum absolute atomic E-state index is 0.860. The first kappa shape index (κ1) is 12.2. The fourth-order valence-corrected chi connectivity index (χ4v) is 2.02. The van der Waals surface area contributed by atoms with Crippen molar-refractivity contribution in [2.24, 2.45) is 0 Å². The molecule has 2 N–H and O–H groups in total. The van der Waals surface area contributed by atoms with Gasteiger partial charge in [0.15, 0.2) is 0 Å². The Bertz CT molecular complexity index is 526. The van der Waals surface area contributed by atoms with Crippen LogP contribution in [-0.2, 0) is 0 Å². The Balaban J connectivity index is 2.27. The molecule has 17 heavy (non-hydrogen) atoms. The third-order valence-electron chi connectivity index (χ3n) is 2.49. The van der Waals surface area contributed by atoms with Crippen molar-refractivity contribution in [2.75, 3.05) is 17.7 Å². The third-order valence-corrected chi connectivity index (χ3v) is 3.17. The van der Waals surface area contributed by atoms with Crippen LogP contribution in [0.5, 0.6) is 0 Å². The van der Waals surface area contributed by atoms with Crippen LogP contribution in [0, 0.1) is 10.5 Å². The van der Waals surface area contributed by atoms with Crippen LogP contribution >= 0.6 is 22.6 Å². The lowest BCUT2D eigenvalue weighted by Crippen LogP contribution is -1.96. The summed E-state index contributed by atoms with van der Waals surface area (Å²) >= 11 is 2.31. The third kappa shape index (κ3) is 3.09. The molecule has 0 aliphatic heterocycles. The Kier molecular flexibility index (Phi) is 3.83. The van der Waals surface area contributed by atoms with Gasteiger partial charge in [-0.25, -0.2) is 4.98 Å². The zero-order valence-electron chi connectivity index (χ0n) is 9.79. The van der Waals surface area contributed by atoms with Gasteiger partial charge in [0.2, 0.25) is 0 Å². The standard InChI is InChI=1S/C13H14IN3/c1-9-3-4-10(14)7-12(9)17-11-5-6-16-13(8-11)15-2/h3-8H,1-2H3,(H2,15,16,17). The van der Waals surface area contributed by atoms with Gasteiger partial charge in [-0.2, -0.15) is 0 Å². The van der Waals surface area contributed by atoms with Gasteiger partial charge >= 0.3 is 0 Å². The smallest absolute Gasteiger partial charge is 0.127 e. The van der Waals surface area contributed by atoms with E-state index < -0.39 is 0 Å². The van der Waals surface area contributed by atoms with Crippen molar-refractivity contribution in [1.82, 2.24) is 4.98 Å². The lowest BCUT2D eigenvalue weighted by Gasteiger charge is -2.10. The predicted molar refractivity (Wildman–Crippen MR) is 81.0 cm³/mol. The van der Waals surface area contributed by atoms with Crippen LogP contribution in [0.1, 0.15) is 5.56 Å². The molecule has 0 saturated carbocycles. The first-order chi connectivity index (χ1) is 8.19. The first-order valence-corrected chi connectivity index (χ1v) is 6.44. The van der Waals surface area contributed by atoms with Crippen LogP contribution in [0.4, 0.5) is 17.2 Å². The molecule has 0 fully saturated rings. The summed E-state index contributed by atoms with van der Waals surface area (Å²) in [6, 6.07) is 10.3. The average Bonchev–Trinajstić information content (AvgIpc) is 2.34. The summed E-state index contributed by atoms with van der Waals surface area (Å²) in [6.45, 7) is 2.10. The molecule has 0 amide bonds. The van der Waals surface area contributed by atoms with Gasteiger partial charge in [-0.05, 0) is 53.3 Å². The fourth-order valence-electron chi connectivity index (χ4n) is 1.53. The highest BCUT2D eigenvalue weighted by molar-refractivity contribution is 14.1. The fraction of sp³-hybridized carbons (Fsp3) is 0.154. The average molecular weight is 339 g/mol. The van der Waals surface area contributed by atoms with Crippen LogP contribution in [0.3, 0.4) is 0 Å². The number of halogens is 1. The molecule has 0 aliphatic carbocycles. The molecule has 2 aromatic rings. The minimum Gasteiger partial charge on any atom is -0.373 e. The van der Waals surface area contributed by atoms with Gasteiger partial charge < -0.3 is 10.6 Å². The zero-order chi connectivity index (χ0) is 12.3. The molecule has 0 bridgehead atoms. The highest BCUT2D eigenvalue weighted by Crippen LogP contribution is 2.23. The van der Waals surface area contributed by atoms with E-state index in [1.165, 1.54) is 9.13 Å². The number of aromatic nitrogens is 1. The van der Waals surface area contributed by atoms with Crippen LogP contribution in [0.25, 0.3) is 0 Å². The maximum atomic E-state index is 4.19. The lowest BCUT2D eigenvalue weighted by atomic mass is 10.2. The number of benzene rings is 1. The summed E-state index contributed by atoms with van der Waals surface area (Å²) in [5.41, 5.74) is 3.40. The Labute approximate surface area is 115 Å². The Hall–Kier alpha value is -1.30. The monoisotopic (exact) mass is 339 g/mol. The molecule has 0 saturated heterocycles. The number of anilines is 3. The van der Waals surface area contributed by atoms with Gasteiger partial charge in [-0.3, -0.25) is 0 Å². The molecule has 1 aromatic heterocycles. The van der Waals surface area contributed by atoms with Crippen molar-refractivity contribution in [3.05, 3.63) is 45.7 Å². The second-order valence-electron chi connectivity index (χ2n) is 3.76. The number of pyridine rings is 1. The second-order valence-corrected chi connectivity index (χ2v) is 5.01. The molecule has 88 valence electrons. The van der Waals surface area contributed by atoms with E-state index in [9.17, 15) is 0 Å². The molecule has 3 nitrogen and oxygen atoms in total. The summed E-state index contributed by atoms with van der Waals surface area (Å²) in [7, 11) is 1.86. The van der Waals surface area contributed by atoms with E-state index in [0.717, 1.165) is 17.2 Å².